The molecule has 0 aliphatic heterocycles. The maximum Gasteiger partial charge on any atom is 0.407 e. The fourth-order valence-corrected chi connectivity index (χ4v) is 6.31. The number of carbonyl (C=O) groups excluding carboxylic acids is 1. The lowest BCUT2D eigenvalue weighted by atomic mass is 9.80. The molecule has 4 rings (SSSR count). The fraction of sp³-hybridized carbons (Fsp3) is 0.519. The van der Waals surface area contributed by atoms with Crippen molar-refractivity contribution in [2.75, 3.05) is 13.7 Å². The highest BCUT2D eigenvalue weighted by Crippen LogP contribution is 2.42. The Labute approximate surface area is 203 Å². The Morgan fingerprint density at radius 3 is 2.62 bits per heavy atom. The summed E-state index contributed by atoms with van der Waals surface area (Å²) in [6.45, 7) is 4.23. The smallest absolute Gasteiger partial charge is 0.407 e. The Balaban J connectivity index is 1.31. The van der Waals surface area contributed by atoms with Gasteiger partial charge in [-0.2, -0.15) is 8.42 Å². The maximum atomic E-state index is 12.4. The minimum atomic E-state index is -3.71. The molecule has 1 fully saturated rings. The van der Waals surface area contributed by atoms with Crippen LogP contribution in [0, 0.1) is 12.8 Å². The molecule has 0 unspecified atom stereocenters. The standard InChI is InChI=1S/C27H35NO5S/c1-19-4-10-25(11-5-19)34(30,31)33-15-13-20-6-7-22-17-23(9-8-21(22)16-20)24-12-14-27(2,18-24)28-26(29)32-3/h4-5,8-11,17,20,24H,6-7,12-16,18H2,1-3H3,(H,28,29)/t20-,24+,27-/m1/s1. The monoisotopic (exact) mass is 485 g/mol. The lowest BCUT2D eigenvalue weighted by Gasteiger charge is -2.27. The highest BCUT2D eigenvalue weighted by Gasteiger charge is 2.37. The number of benzene rings is 2. The number of amides is 1. The molecule has 0 aromatic heterocycles. The van der Waals surface area contributed by atoms with E-state index in [1.807, 2.05) is 6.92 Å². The number of alkyl carbamates (subject to hydrolysis) is 1. The van der Waals surface area contributed by atoms with Crippen molar-refractivity contribution < 1.29 is 22.1 Å². The lowest BCUT2D eigenvalue weighted by Crippen LogP contribution is -2.43. The molecule has 3 atom stereocenters. The molecule has 1 N–H and O–H groups in total. The number of nitrogens with one attached hydrogen (secondary N) is 1. The average molecular weight is 486 g/mol. The summed E-state index contributed by atoms with van der Waals surface area (Å²) in [4.78, 5) is 11.9. The van der Waals surface area contributed by atoms with Crippen molar-refractivity contribution >= 4 is 16.2 Å². The molecule has 2 aromatic carbocycles. The summed E-state index contributed by atoms with van der Waals surface area (Å²) in [7, 11) is -2.31. The second kappa shape index (κ2) is 10.1. The molecule has 2 aliphatic rings. The minimum absolute atomic E-state index is 0.210. The second-order valence-electron chi connectivity index (χ2n) is 10.1. The van der Waals surface area contributed by atoms with Crippen molar-refractivity contribution in [3.8, 4) is 0 Å². The van der Waals surface area contributed by atoms with Crippen LogP contribution in [-0.2, 0) is 31.9 Å². The van der Waals surface area contributed by atoms with E-state index in [-0.39, 0.29) is 23.1 Å². The number of ether oxygens (including phenoxy) is 1. The Morgan fingerprint density at radius 1 is 1.12 bits per heavy atom. The number of fused-ring (bicyclic) bond motifs is 1. The van der Waals surface area contributed by atoms with Gasteiger partial charge in [-0.3, -0.25) is 4.18 Å². The van der Waals surface area contributed by atoms with Gasteiger partial charge in [0.2, 0.25) is 0 Å². The number of methoxy groups -OCH3 is 1. The zero-order valence-corrected chi connectivity index (χ0v) is 21.1. The van der Waals surface area contributed by atoms with Gasteiger partial charge >= 0.3 is 6.09 Å². The van der Waals surface area contributed by atoms with Gasteiger partial charge < -0.3 is 10.1 Å². The van der Waals surface area contributed by atoms with Crippen LogP contribution in [0.3, 0.4) is 0 Å². The normalized spacial score (nSPS) is 24.4. The molecule has 1 amide bonds. The molecule has 0 saturated heterocycles. The lowest BCUT2D eigenvalue weighted by molar-refractivity contribution is 0.157. The van der Waals surface area contributed by atoms with Crippen LogP contribution in [0.25, 0.3) is 0 Å². The topological polar surface area (TPSA) is 81.7 Å². The third kappa shape index (κ3) is 5.81. The van der Waals surface area contributed by atoms with E-state index in [0.717, 1.165) is 50.5 Å². The van der Waals surface area contributed by atoms with Gasteiger partial charge in [0.1, 0.15) is 0 Å². The summed E-state index contributed by atoms with van der Waals surface area (Å²) in [6.07, 6.45) is 6.26. The number of rotatable bonds is 7. The molecular formula is C27H35NO5S. The average Bonchev–Trinajstić information content (AvgIpc) is 3.20. The molecule has 6 nitrogen and oxygen atoms in total. The van der Waals surface area contributed by atoms with Gasteiger partial charge in [-0.15, -0.1) is 0 Å². The van der Waals surface area contributed by atoms with Crippen molar-refractivity contribution in [1.82, 2.24) is 5.32 Å². The van der Waals surface area contributed by atoms with Gasteiger partial charge in [-0.1, -0.05) is 35.9 Å². The van der Waals surface area contributed by atoms with Crippen LogP contribution >= 0.6 is 0 Å². The van der Waals surface area contributed by atoms with Crippen LogP contribution in [0.5, 0.6) is 0 Å². The van der Waals surface area contributed by atoms with E-state index >= 15 is 0 Å². The zero-order chi connectivity index (χ0) is 24.3. The molecule has 0 heterocycles. The highest BCUT2D eigenvalue weighted by molar-refractivity contribution is 7.86. The predicted octanol–water partition coefficient (Wildman–Crippen LogP) is 5.28. The van der Waals surface area contributed by atoms with Crippen molar-refractivity contribution in [3.05, 3.63) is 64.7 Å². The molecule has 184 valence electrons. The summed E-state index contributed by atoms with van der Waals surface area (Å²) in [5, 5.41) is 3.00. The van der Waals surface area contributed by atoms with Crippen LogP contribution in [0.4, 0.5) is 4.79 Å². The van der Waals surface area contributed by atoms with Crippen LogP contribution in [0.2, 0.25) is 0 Å². The van der Waals surface area contributed by atoms with E-state index in [4.69, 9.17) is 8.92 Å². The van der Waals surface area contributed by atoms with Gasteiger partial charge in [0.25, 0.3) is 10.1 Å². The van der Waals surface area contributed by atoms with Crippen molar-refractivity contribution in [2.45, 2.75) is 75.1 Å². The summed E-state index contributed by atoms with van der Waals surface area (Å²) >= 11 is 0. The Hall–Kier alpha value is -2.38. The van der Waals surface area contributed by atoms with Gasteiger partial charge in [-0.05, 0) is 99.5 Å². The summed E-state index contributed by atoms with van der Waals surface area (Å²) in [5.74, 6) is 0.858. The van der Waals surface area contributed by atoms with E-state index in [2.05, 4.69) is 30.4 Å². The molecule has 0 bridgehead atoms. The first-order chi connectivity index (χ1) is 16.2. The van der Waals surface area contributed by atoms with Gasteiger partial charge in [0.15, 0.2) is 0 Å². The van der Waals surface area contributed by atoms with E-state index < -0.39 is 10.1 Å². The number of hydrogen-bond acceptors (Lipinski definition) is 5. The molecule has 2 aromatic rings. The van der Waals surface area contributed by atoms with Crippen molar-refractivity contribution in [2.24, 2.45) is 5.92 Å². The summed E-state index contributed by atoms with van der Waals surface area (Å²) < 4.78 is 34.9. The van der Waals surface area contributed by atoms with E-state index in [9.17, 15) is 13.2 Å². The van der Waals surface area contributed by atoms with Crippen LogP contribution < -0.4 is 5.32 Å². The molecular weight excluding hydrogens is 450 g/mol. The Morgan fingerprint density at radius 2 is 1.88 bits per heavy atom. The second-order valence-corrected chi connectivity index (χ2v) is 11.7. The van der Waals surface area contributed by atoms with Gasteiger partial charge in [-0.25, -0.2) is 4.79 Å². The number of aryl methyl sites for hydroxylation is 2. The first-order valence-electron chi connectivity index (χ1n) is 12.1. The maximum absolute atomic E-state index is 12.4. The van der Waals surface area contributed by atoms with Crippen LogP contribution in [0.1, 0.15) is 67.2 Å². The Kier molecular flexibility index (Phi) is 7.33. The Bertz CT molecular complexity index is 1130. The first-order valence-corrected chi connectivity index (χ1v) is 13.5. The molecule has 1 saturated carbocycles. The SMILES string of the molecule is COC(=O)N[C@]1(C)CC[C@H](c2ccc3c(c2)CC[C@H](CCOS(=O)(=O)c2ccc(C)cc2)C3)C1. The number of carbonyl (C=O) groups is 1. The largest absolute Gasteiger partial charge is 0.453 e. The molecule has 2 aliphatic carbocycles. The third-order valence-electron chi connectivity index (χ3n) is 7.44. The fourth-order valence-electron chi connectivity index (χ4n) is 5.38. The van der Waals surface area contributed by atoms with Gasteiger partial charge in [0.05, 0.1) is 18.6 Å². The summed E-state index contributed by atoms with van der Waals surface area (Å²) in [5.41, 5.74) is 4.90. The molecule has 7 heteroatoms. The zero-order valence-electron chi connectivity index (χ0n) is 20.3. The molecule has 0 spiro atoms. The molecule has 0 radical (unpaired) electrons. The van der Waals surface area contributed by atoms with Gasteiger partial charge in [0, 0.05) is 5.54 Å². The van der Waals surface area contributed by atoms with E-state index in [1.54, 1.807) is 24.3 Å². The number of hydrogen-bond donors (Lipinski definition) is 1. The van der Waals surface area contributed by atoms with E-state index in [1.165, 1.54) is 23.8 Å². The molecule has 34 heavy (non-hydrogen) atoms. The van der Waals surface area contributed by atoms with E-state index in [0.29, 0.717) is 11.8 Å². The van der Waals surface area contributed by atoms with Crippen molar-refractivity contribution in [1.29, 1.82) is 0 Å². The van der Waals surface area contributed by atoms with Crippen LogP contribution in [-0.4, -0.2) is 33.8 Å². The quantitative estimate of drug-likeness (QED) is 0.540. The first kappa shape index (κ1) is 24.7. The minimum Gasteiger partial charge on any atom is -0.453 e. The van der Waals surface area contributed by atoms with Crippen molar-refractivity contribution in [3.63, 3.8) is 0 Å². The highest BCUT2D eigenvalue weighted by atomic mass is 32.2. The summed E-state index contributed by atoms with van der Waals surface area (Å²) in [6, 6.07) is 13.6. The van der Waals surface area contributed by atoms with Crippen LogP contribution in [0.15, 0.2) is 47.4 Å². The third-order valence-corrected chi connectivity index (χ3v) is 8.76. The predicted molar refractivity (Wildman–Crippen MR) is 131 cm³/mol.